The molecule has 0 saturated carbocycles. The highest BCUT2D eigenvalue weighted by Crippen LogP contribution is 2.25. The van der Waals surface area contributed by atoms with E-state index in [0.717, 1.165) is 18.5 Å². The van der Waals surface area contributed by atoms with Crippen LogP contribution in [0, 0.1) is 0 Å². The molecule has 1 saturated heterocycles. The van der Waals surface area contributed by atoms with Gasteiger partial charge in [0.15, 0.2) is 0 Å². The molecule has 1 atom stereocenters. The smallest absolute Gasteiger partial charge is 0.266 e. The van der Waals surface area contributed by atoms with Gasteiger partial charge in [-0.05, 0) is 18.9 Å². The van der Waals surface area contributed by atoms with Crippen molar-refractivity contribution in [3.8, 4) is 0 Å². The van der Waals surface area contributed by atoms with Gasteiger partial charge in [-0.2, -0.15) is 5.10 Å². The first-order valence-corrected chi connectivity index (χ1v) is 7.21. The molecule has 3 heterocycles. The number of aromatic nitrogens is 4. The molecule has 0 bridgehead atoms. The minimum atomic E-state index is -0.435. The van der Waals surface area contributed by atoms with Gasteiger partial charge in [-0.3, -0.25) is 29.7 Å². The number of carbonyl (C=O) groups is 1. The van der Waals surface area contributed by atoms with Crippen LogP contribution < -0.4 is 11.1 Å². The maximum atomic E-state index is 12.4. The van der Waals surface area contributed by atoms with Crippen LogP contribution in [0.25, 0.3) is 0 Å². The molecule has 22 heavy (non-hydrogen) atoms. The number of hydrogen-bond donors (Lipinski definition) is 3. The van der Waals surface area contributed by atoms with Crippen molar-refractivity contribution < 1.29 is 4.79 Å². The minimum absolute atomic E-state index is 0.0606. The van der Waals surface area contributed by atoms with Crippen molar-refractivity contribution in [2.24, 2.45) is 0 Å². The van der Waals surface area contributed by atoms with E-state index in [-0.39, 0.29) is 23.8 Å². The molecule has 3 N–H and O–H groups in total. The SMILES string of the molecule is O=C(Cc1cc(=O)[nH][nH]c1=O)N1CCC[C@H](c2ccn[nH]2)C1. The summed E-state index contributed by atoms with van der Waals surface area (Å²) in [7, 11) is 0. The zero-order valence-electron chi connectivity index (χ0n) is 12.0. The third kappa shape index (κ3) is 3.00. The van der Waals surface area contributed by atoms with Gasteiger partial charge in [-0.25, -0.2) is 0 Å². The van der Waals surface area contributed by atoms with Crippen LogP contribution in [-0.2, 0) is 11.2 Å². The van der Waals surface area contributed by atoms with Crippen LogP contribution >= 0.6 is 0 Å². The lowest BCUT2D eigenvalue weighted by molar-refractivity contribution is -0.131. The quantitative estimate of drug-likeness (QED) is 0.724. The van der Waals surface area contributed by atoms with Crippen LogP contribution in [-0.4, -0.2) is 44.3 Å². The summed E-state index contributed by atoms with van der Waals surface area (Å²) in [6.07, 6.45) is 3.54. The number of H-pyrrole nitrogens is 3. The van der Waals surface area contributed by atoms with E-state index in [9.17, 15) is 14.4 Å². The maximum Gasteiger partial charge on any atom is 0.266 e. The number of likely N-dealkylation sites (tertiary alicyclic amines) is 1. The molecule has 8 heteroatoms. The van der Waals surface area contributed by atoms with E-state index >= 15 is 0 Å². The molecule has 0 aromatic carbocycles. The fraction of sp³-hybridized carbons (Fsp3) is 0.429. The Hall–Kier alpha value is -2.64. The lowest BCUT2D eigenvalue weighted by Crippen LogP contribution is -2.41. The minimum Gasteiger partial charge on any atom is -0.342 e. The number of piperidine rings is 1. The van der Waals surface area contributed by atoms with Crippen LogP contribution in [0.2, 0.25) is 0 Å². The Morgan fingerprint density at radius 1 is 1.36 bits per heavy atom. The van der Waals surface area contributed by atoms with Gasteiger partial charge < -0.3 is 4.90 Å². The molecule has 116 valence electrons. The molecule has 2 aromatic heterocycles. The third-order valence-corrected chi connectivity index (χ3v) is 3.97. The highest BCUT2D eigenvalue weighted by molar-refractivity contribution is 5.78. The fourth-order valence-electron chi connectivity index (χ4n) is 2.82. The topological polar surface area (TPSA) is 115 Å². The predicted octanol–water partition coefficient (Wildman–Crippen LogP) is -0.265. The van der Waals surface area contributed by atoms with E-state index in [1.165, 1.54) is 6.07 Å². The van der Waals surface area contributed by atoms with Crippen molar-refractivity contribution in [2.75, 3.05) is 13.1 Å². The average molecular weight is 303 g/mol. The molecule has 1 aliphatic heterocycles. The second kappa shape index (κ2) is 6.00. The maximum absolute atomic E-state index is 12.4. The third-order valence-electron chi connectivity index (χ3n) is 3.97. The average Bonchev–Trinajstić information content (AvgIpc) is 3.05. The van der Waals surface area contributed by atoms with Gasteiger partial charge in [-0.1, -0.05) is 0 Å². The molecule has 0 radical (unpaired) electrons. The molecule has 8 nitrogen and oxygen atoms in total. The van der Waals surface area contributed by atoms with Crippen LogP contribution in [0.5, 0.6) is 0 Å². The molecule has 0 aliphatic carbocycles. The number of aromatic amines is 3. The number of hydrogen-bond acceptors (Lipinski definition) is 4. The van der Waals surface area contributed by atoms with Crippen molar-refractivity contribution in [1.82, 2.24) is 25.3 Å². The molecule has 1 aliphatic rings. The van der Waals surface area contributed by atoms with Crippen molar-refractivity contribution in [3.05, 3.63) is 50.3 Å². The highest BCUT2D eigenvalue weighted by Gasteiger charge is 2.25. The first-order valence-electron chi connectivity index (χ1n) is 7.21. The highest BCUT2D eigenvalue weighted by atomic mass is 16.2. The van der Waals surface area contributed by atoms with E-state index in [2.05, 4.69) is 20.4 Å². The summed E-state index contributed by atoms with van der Waals surface area (Å²) in [4.78, 5) is 37.0. The Kier molecular flexibility index (Phi) is 3.90. The lowest BCUT2D eigenvalue weighted by atomic mass is 9.94. The first-order chi connectivity index (χ1) is 10.6. The van der Waals surface area contributed by atoms with Gasteiger partial charge in [0.25, 0.3) is 11.1 Å². The summed E-state index contributed by atoms with van der Waals surface area (Å²) < 4.78 is 0. The zero-order valence-corrected chi connectivity index (χ0v) is 12.0. The van der Waals surface area contributed by atoms with Crippen molar-refractivity contribution in [3.63, 3.8) is 0 Å². The molecule has 0 spiro atoms. The van der Waals surface area contributed by atoms with E-state index in [1.807, 2.05) is 6.07 Å². The van der Waals surface area contributed by atoms with Gasteiger partial charge in [0, 0.05) is 42.5 Å². The van der Waals surface area contributed by atoms with E-state index in [1.54, 1.807) is 11.1 Å². The van der Waals surface area contributed by atoms with Gasteiger partial charge in [0.2, 0.25) is 5.91 Å². The number of nitrogens with one attached hydrogen (secondary N) is 3. The Balaban J connectivity index is 1.70. The van der Waals surface area contributed by atoms with E-state index in [0.29, 0.717) is 13.1 Å². The Morgan fingerprint density at radius 2 is 2.23 bits per heavy atom. The number of rotatable bonds is 3. The molecule has 2 aromatic rings. The monoisotopic (exact) mass is 303 g/mol. The Labute approximate surface area is 125 Å². The van der Waals surface area contributed by atoms with Gasteiger partial charge in [0.1, 0.15) is 0 Å². The largest absolute Gasteiger partial charge is 0.342 e. The van der Waals surface area contributed by atoms with Gasteiger partial charge in [-0.15, -0.1) is 0 Å². The fourth-order valence-corrected chi connectivity index (χ4v) is 2.82. The van der Waals surface area contributed by atoms with Gasteiger partial charge >= 0.3 is 0 Å². The summed E-state index contributed by atoms with van der Waals surface area (Å²) in [5, 5.41) is 11.3. The lowest BCUT2D eigenvalue weighted by Gasteiger charge is -2.32. The van der Waals surface area contributed by atoms with Crippen molar-refractivity contribution >= 4 is 5.91 Å². The molecular formula is C14H17N5O3. The standard InChI is InChI=1S/C14H17N5O3/c20-12-6-10(14(22)18-17-12)7-13(21)19-5-1-2-9(8-19)11-3-4-15-16-11/h3-4,6,9H,1-2,5,7-8H2,(H,15,16)(H,17,20)(H,18,22)/t9-/m0/s1. The van der Waals surface area contributed by atoms with Crippen LogP contribution in [0.3, 0.4) is 0 Å². The van der Waals surface area contributed by atoms with Crippen LogP contribution in [0.4, 0.5) is 0 Å². The number of carbonyl (C=O) groups excluding carboxylic acids is 1. The van der Waals surface area contributed by atoms with E-state index in [4.69, 9.17) is 0 Å². The predicted molar refractivity (Wildman–Crippen MR) is 78.5 cm³/mol. The van der Waals surface area contributed by atoms with Crippen molar-refractivity contribution in [1.29, 1.82) is 0 Å². The second-order valence-corrected chi connectivity index (χ2v) is 5.48. The Bertz CT molecular complexity index is 761. The van der Waals surface area contributed by atoms with Gasteiger partial charge in [0.05, 0.1) is 6.42 Å². The molecule has 1 amide bonds. The second-order valence-electron chi connectivity index (χ2n) is 5.48. The number of nitrogens with zero attached hydrogens (tertiary/aromatic N) is 2. The summed E-state index contributed by atoms with van der Waals surface area (Å²) in [6, 6.07) is 3.09. The number of amides is 1. The molecular weight excluding hydrogens is 286 g/mol. The summed E-state index contributed by atoms with van der Waals surface area (Å²) in [6.45, 7) is 1.27. The first kappa shape index (κ1) is 14.3. The normalized spacial score (nSPS) is 18.4. The van der Waals surface area contributed by atoms with Crippen LogP contribution in [0.15, 0.2) is 27.9 Å². The van der Waals surface area contributed by atoms with Crippen LogP contribution in [0.1, 0.15) is 30.0 Å². The zero-order chi connectivity index (χ0) is 15.5. The molecule has 3 rings (SSSR count). The summed E-state index contributed by atoms with van der Waals surface area (Å²) in [5.41, 5.74) is 0.357. The summed E-state index contributed by atoms with van der Waals surface area (Å²) >= 11 is 0. The van der Waals surface area contributed by atoms with Crippen molar-refractivity contribution in [2.45, 2.75) is 25.2 Å². The van der Waals surface area contributed by atoms with E-state index < -0.39 is 11.1 Å². The molecule has 1 fully saturated rings. The summed E-state index contributed by atoms with van der Waals surface area (Å²) in [5.74, 6) is 0.0953. The molecule has 0 unspecified atom stereocenters. The Morgan fingerprint density at radius 3 is 3.00 bits per heavy atom.